The standard InChI is InChI=1S/C26H26FN3O2.C4H4O4/c27-20-9-10-21-22(28-32-24(21)17-20)6-3-13-29-15-11-26(12-16-29)25-8-4-14-30(25)18-19-5-1-2-7-23(19)31-26;5-3(6)1-2-4(7)8/h1-2,4-5,7-10,14,17H,3,6,11-13,15-16,18H2;1-2H,(H,5,6)(H,7,8). The van der Waals surface area contributed by atoms with Gasteiger partial charge in [0.1, 0.15) is 11.6 Å². The number of aliphatic carboxylic acids is 2. The molecule has 4 heterocycles. The zero-order valence-electron chi connectivity index (χ0n) is 21.8. The maximum Gasteiger partial charge on any atom is 0.328 e. The van der Waals surface area contributed by atoms with Crippen LogP contribution in [0.5, 0.6) is 5.75 Å². The van der Waals surface area contributed by atoms with E-state index in [1.165, 1.54) is 23.4 Å². The number of hydrogen-bond donors (Lipinski definition) is 2. The zero-order valence-corrected chi connectivity index (χ0v) is 21.8. The van der Waals surface area contributed by atoms with Crippen molar-refractivity contribution in [3.8, 4) is 5.75 Å². The van der Waals surface area contributed by atoms with Crippen LogP contribution in [0, 0.1) is 5.82 Å². The number of aryl methyl sites for hydroxylation is 1. The van der Waals surface area contributed by atoms with Crippen LogP contribution < -0.4 is 4.74 Å². The molecule has 2 aliphatic rings. The van der Waals surface area contributed by atoms with Gasteiger partial charge in [-0.25, -0.2) is 14.0 Å². The van der Waals surface area contributed by atoms with E-state index in [4.69, 9.17) is 19.5 Å². The third-order valence-corrected chi connectivity index (χ3v) is 7.34. The summed E-state index contributed by atoms with van der Waals surface area (Å²) in [6.45, 7) is 3.86. The first kappa shape index (κ1) is 27.1. The molecule has 0 saturated carbocycles. The van der Waals surface area contributed by atoms with E-state index in [1.54, 1.807) is 6.07 Å². The van der Waals surface area contributed by atoms with Crippen molar-refractivity contribution in [3.63, 3.8) is 0 Å². The molecule has 40 heavy (non-hydrogen) atoms. The summed E-state index contributed by atoms with van der Waals surface area (Å²) in [5, 5.41) is 20.7. The van der Waals surface area contributed by atoms with Gasteiger partial charge in [-0.2, -0.15) is 0 Å². The highest BCUT2D eigenvalue weighted by atomic mass is 19.1. The minimum absolute atomic E-state index is 0.265. The largest absolute Gasteiger partial charge is 0.481 e. The summed E-state index contributed by atoms with van der Waals surface area (Å²) in [5.74, 6) is -1.80. The maximum absolute atomic E-state index is 13.4. The molecule has 0 bridgehead atoms. The van der Waals surface area contributed by atoms with Crippen molar-refractivity contribution in [2.45, 2.75) is 37.8 Å². The first-order chi connectivity index (χ1) is 19.3. The number of likely N-dealkylation sites (tertiary alicyclic amines) is 1. The molecule has 1 saturated heterocycles. The number of hydrogen-bond acceptors (Lipinski definition) is 6. The van der Waals surface area contributed by atoms with Gasteiger partial charge >= 0.3 is 11.9 Å². The Hall–Kier alpha value is -4.44. The van der Waals surface area contributed by atoms with Gasteiger partial charge in [0.05, 0.1) is 17.9 Å². The number of ether oxygens (including phenoxy) is 1. The molecule has 10 heteroatoms. The first-order valence-corrected chi connectivity index (χ1v) is 13.2. The summed E-state index contributed by atoms with van der Waals surface area (Å²) in [6, 6.07) is 17.4. The number of piperidine rings is 1. The molecule has 9 nitrogen and oxygen atoms in total. The fourth-order valence-electron chi connectivity index (χ4n) is 5.40. The van der Waals surface area contributed by atoms with Crippen LogP contribution in [-0.4, -0.2) is 56.4 Å². The van der Waals surface area contributed by atoms with E-state index < -0.39 is 11.9 Å². The second kappa shape index (κ2) is 11.7. The topological polar surface area (TPSA) is 118 Å². The van der Waals surface area contributed by atoms with E-state index in [0.717, 1.165) is 68.7 Å². The summed E-state index contributed by atoms with van der Waals surface area (Å²) < 4.78 is 27.7. The van der Waals surface area contributed by atoms with Gasteiger partial charge in [-0.1, -0.05) is 23.4 Å². The van der Waals surface area contributed by atoms with Crippen LogP contribution in [0.3, 0.4) is 0 Å². The molecule has 0 unspecified atom stereocenters. The Morgan fingerprint density at radius 1 is 1.02 bits per heavy atom. The van der Waals surface area contributed by atoms with Crippen LogP contribution in [0.25, 0.3) is 11.0 Å². The highest BCUT2D eigenvalue weighted by Gasteiger charge is 2.42. The lowest BCUT2D eigenvalue weighted by Gasteiger charge is -2.41. The molecule has 0 amide bonds. The van der Waals surface area contributed by atoms with E-state index in [1.807, 2.05) is 0 Å². The minimum Gasteiger partial charge on any atom is -0.481 e. The number of benzene rings is 2. The van der Waals surface area contributed by atoms with Crippen LogP contribution in [0.1, 0.15) is 36.2 Å². The number of nitrogens with zero attached hydrogens (tertiary/aromatic N) is 3. The van der Waals surface area contributed by atoms with Gasteiger partial charge < -0.3 is 28.9 Å². The Balaban J connectivity index is 0.000000355. The lowest BCUT2D eigenvalue weighted by molar-refractivity contribution is -0.134. The lowest BCUT2D eigenvalue weighted by atomic mass is 9.87. The van der Waals surface area contributed by atoms with Crippen LogP contribution in [-0.2, 0) is 28.2 Å². The van der Waals surface area contributed by atoms with Gasteiger partial charge in [-0.05, 0) is 49.7 Å². The molecule has 1 spiro atoms. The predicted octanol–water partition coefficient (Wildman–Crippen LogP) is 4.84. The zero-order chi connectivity index (χ0) is 28.1. The summed E-state index contributed by atoms with van der Waals surface area (Å²) in [7, 11) is 0. The lowest BCUT2D eigenvalue weighted by Crippen LogP contribution is -2.46. The van der Waals surface area contributed by atoms with E-state index in [2.05, 4.69) is 57.2 Å². The van der Waals surface area contributed by atoms with Crippen molar-refractivity contribution in [2.75, 3.05) is 19.6 Å². The van der Waals surface area contributed by atoms with E-state index in [9.17, 15) is 14.0 Å². The van der Waals surface area contributed by atoms with E-state index in [-0.39, 0.29) is 11.4 Å². The molecule has 2 N–H and O–H groups in total. The average molecular weight is 548 g/mol. The third-order valence-electron chi connectivity index (χ3n) is 7.34. The normalized spacial score (nSPS) is 16.0. The molecule has 4 aromatic rings. The smallest absolute Gasteiger partial charge is 0.328 e. The number of carboxylic acids is 2. The Kier molecular flexibility index (Phi) is 7.97. The molecule has 0 radical (unpaired) electrons. The monoisotopic (exact) mass is 547 g/mol. The fourth-order valence-corrected chi connectivity index (χ4v) is 5.40. The molecule has 208 valence electrons. The van der Waals surface area contributed by atoms with Crippen LogP contribution in [0.4, 0.5) is 4.39 Å². The van der Waals surface area contributed by atoms with Crippen molar-refractivity contribution in [1.82, 2.24) is 14.6 Å². The number of carbonyl (C=O) groups is 2. The quantitative estimate of drug-likeness (QED) is 0.329. The van der Waals surface area contributed by atoms with Crippen LogP contribution in [0.15, 0.2) is 77.5 Å². The number of carboxylic acid groups (broad SMARTS) is 2. The second-order valence-corrected chi connectivity index (χ2v) is 9.95. The average Bonchev–Trinajstić information content (AvgIpc) is 3.54. The van der Waals surface area contributed by atoms with Gasteiger partial charge in [0, 0.05) is 61.3 Å². The molecule has 2 aromatic carbocycles. The van der Waals surface area contributed by atoms with E-state index in [0.29, 0.717) is 17.7 Å². The Labute approximate surface area is 230 Å². The molecule has 6 rings (SSSR count). The Morgan fingerprint density at radius 2 is 1.77 bits per heavy atom. The van der Waals surface area contributed by atoms with Crippen LogP contribution >= 0.6 is 0 Å². The maximum atomic E-state index is 13.4. The van der Waals surface area contributed by atoms with Crippen molar-refractivity contribution in [3.05, 3.63) is 95.7 Å². The fraction of sp³-hybridized carbons (Fsp3) is 0.300. The highest BCUT2D eigenvalue weighted by molar-refractivity contribution is 5.89. The Bertz CT molecular complexity index is 1520. The molecule has 2 aromatic heterocycles. The van der Waals surface area contributed by atoms with Gasteiger partial charge in [0.25, 0.3) is 0 Å². The van der Waals surface area contributed by atoms with Crippen molar-refractivity contribution < 1.29 is 33.5 Å². The SMILES string of the molecule is Fc1ccc2c(CCCN3CCC4(CC3)Oc3ccccc3Cn3cccc34)noc2c1.O=C(O)C=CC(=O)O. The summed E-state index contributed by atoms with van der Waals surface area (Å²) in [6.07, 6.45) is 7.04. The first-order valence-electron chi connectivity index (χ1n) is 13.2. The second-order valence-electron chi connectivity index (χ2n) is 9.95. The molecule has 0 aliphatic carbocycles. The van der Waals surface area contributed by atoms with Gasteiger partial charge in [-0.3, -0.25) is 0 Å². The Morgan fingerprint density at radius 3 is 2.52 bits per heavy atom. The molecule has 2 aliphatic heterocycles. The number of para-hydroxylation sites is 1. The number of fused-ring (bicyclic) bond motifs is 4. The highest BCUT2D eigenvalue weighted by Crippen LogP contribution is 2.41. The molecular weight excluding hydrogens is 517 g/mol. The van der Waals surface area contributed by atoms with Crippen molar-refractivity contribution in [2.24, 2.45) is 0 Å². The summed E-state index contributed by atoms with van der Waals surface area (Å²) >= 11 is 0. The van der Waals surface area contributed by atoms with Crippen molar-refractivity contribution in [1.29, 1.82) is 0 Å². The molecular formula is C30H30FN3O6. The van der Waals surface area contributed by atoms with Gasteiger partial charge in [0.2, 0.25) is 0 Å². The number of rotatable bonds is 6. The van der Waals surface area contributed by atoms with Crippen molar-refractivity contribution >= 4 is 22.9 Å². The van der Waals surface area contributed by atoms with E-state index >= 15 is 0 Å². The van der Waals surface area contributed by atoms with Gasteiger partial charge in [0.15, 0.2) is 11.2 Å². The minimum atomic E-state index is -1.26. The molecule has 1 fully saturated rings. The van der Waals surface area contributed by atoms with Crippen LogP contribution in [0.2, 0.25) is 0 Å². The third kappa shape index (κ3) is 6.07. The predicted molar refractivity (Wildman–Crippen MR) is 145 cm³/mol. The summed E-state index contributed by atoms with van der Waals surface area (Å²) in [4.78, 5) is 21.6. The number of halogens is 1. The summed E-state index contributed by atoms with van der Waals surface area (Å²) in [5.41, 5.74) is 3.70. The number of aromatic nitrogens is 2. The molecule has 0 atom stereocenters. The van der Waals surface area contributed by atoms with Gasteiger partial charge in [-0.15, -0.1) is 0 Å².